The second-order valence-corrected chi connectivity index (χ2v) is 9.53. The summed E-state index contributed by atoms with van der Waals surface area (Å²) in [7, 11) is 0. The van der Waals surface area contributed by atoms with E-state index in [0.29, 0.717) is 77.8 Å². The molecule has 2 aliphatic heterocycles. The van der Waals surface area contributed by atoms with E-state index < -0.39 is 0 Å². The second kappa shape index (κ2) is 9.57. The molecule has 1 amide bonds. The monoisotopic (exact) mass is 487 g/mol. The second-order valence-electron chi connectivity index (χ2n) is 9.53. The minimum absolute atomic E-state index is 0.0927. The van der Waals surface area contributed by atoms with Crippen molar-refractivity contribution in [2.75, 3.05) is 35.3 Å². The zero-order valence-corrected chi connectivity index (χ0v) is 20.1. The smallest absolute Gasteiger partial charge is 0.231 e. The van der Waals surface area contributed by atoms with Gasteiger partial charge in [-0.3, -0.25) is 4.79 Å². The first kappa shape index (κ1) is 22.5. The fraction of sp³-hybridized carbons (Fsp3) is 0.462. The zero-order valence-electron chi connectivity index (χ0n) is 20.1. The highest BCUT2D eigenvalue weighted by Crippen LogP contribution is 2.46. The van der Waals surface area contributed by atoms with Crippen molar-refractivity contribution in [2.24, 2.45) is 0 Å². The van der Waals surface area contributed by atoms with Crippen LogP contribution in [-0.2, 0) is 4.79 Å². The summed E-state index contributed by atoms with van der Waals surface area (Å²) < 4.78 is 12.0. The quantitative estimate of drug-likeness (QED) is 0.445. The number of ether oxygens (including phenoxy) is 2. The molecule has 1 aromatic carbocycles. The van der Waals surface area contributed by atoms with Gasteiger partial charge in [-0.2, -0.15) is 15.2 Å². The third-order valence-electron chi connectivity index (χ3n) is 7.13. The number of rotatable bonds is 5. The first-order valence-corrected chi connectivity index (χ1v) is 12.8. The van der Waals surface area contributed by atoms with Crippen molar-refractivity contribution in [3.63, 3.8) is 0 Å². The lowest BCUT2D eigenvalue weighted by atomic mass is 10.1. The van der Waals surface area contributed by atoms with E-state index in [4.69, 9.17) is 14.5 Å². The molecule has 10 nitrogen and oxygen atoms in total. The van der Waals surface area contributed by atoms with Crippen LogP contribution in [0.15, 0.2) is 18.3 Å². The number of H-pyrrole nitrogens is 1. The first-order chi connectivity index (χ1) is 17.7. The van der Waals surface area contributed by atoms with Gasteiger partial charge in [0.1, 0.15) is 30.7 Å². The number of nitrogens with zero attached hydrogens (tertiary/aromatic N) is 4. The normalized spacial score (nSPS) is 18.2. The molecule has 2 aromatic heterocycles. The minimum Gasteiger partial charge on any atom is -0.484 e. The Balaban J connectivity index is 1.36. The molecule has 3 aliphatic rings. The Hall–Kier alpha value is -4.00. The summed E-state index contributed by atoms with van der Waals surface area (Å²) in [6, 6.07) is 6.30. The summed E-state index contributed by atoms with van der Waals surface area (Å²) in [5.41, 5.74) is 2.49. The van der Waals surface area contributed by atoms with Crippen LogP contribution in [0.2, 0.25) is 0 Å². The number of nitriles is 1. The van der Waals surface area contributed by atoms with Crippen molar-refractivity contribution in [1.82, 2.24) is 15.0 Å². The van der Waals surface area contributed by atoms with Gasteiger partial charge in [0.05, 0.1) is 22.3 Å². The Labute approximate surface area is 209 Å². The van der Waals surface area contributed by atoms with Crippen LogP contribution in [0, 0.1) is 11.3 Å². The molecule has 3 aromatic rings. The maximum atomic E-state index is 12.4. The van der Waals surface area contributed by atoms with E-state index in [2.05, 4.69) is 26.7 Å². The standard InChI is InChI=1S/C26H29N7O3/c27-14-16-15-28-24-21(16)25(29-17-6-3-1-2-4-7-17)32-26(31-24)30-18-9-10-19(33-11-5-8-20(33)34)23-22(18)35-12-13-36-23/h9-10,15,17H,1-8,11-13H2,(H3,28,29,30,31,32). The minimum atomic E-state index is 0.0927. The highest BCUT2D eigenvalue weighted by atomic mass is 16.6. The molecule has 1 aliphatic carbocycles. The molecule has 6 rings (SSSR count). The van der Waals surface area contributed by atoms with Crippen molar-refractivity contribution in [3.05, 3.63) is 23.9 Å². The molecule has 0 unspecified atom stereocenters. The molecule has 1 saturated carbocycles. The Morgan fingerprint density at radius 3 is 2.61 bits per heavy atom. The number of aromatic nitrogens is 3. The number of amides is 1. The summed E-state index contributed by atoms with van der Waals surface area (Å²) in [5, 5.41) is 17.2. The van der Waals surface area contributed by atoms with Crippen LogP contribution in [-0.4, -0.2) is 46.7 Å². The number of hydrogen-bond acceptors (Lipinski definition) is 8. The largest absolute Gasteiger partial charge is 0.484 e. The van der Waals surface area contributed by atoms with Crippen molar-refractivity contribution < 1.29 is 14.3 Å². The maximum Gasteiger partial charge on any atom is 0.231 e. The van der Waals surface area contributed by atoms with Gasteiger partial charge in [-0.1, -0.05) is 25.7 Å². The number of benzene rings is 1. The topological polar surface area (TPSA) is 128 Å². The zero-order chi connectivity index (χ0) is 24.5. The SMILES string of the molecule is N#Cc1c[nH]c2nc(Nc3ccc(N4CCCC4=O)c4c3OCCO4)nc(NC3CCCCCC3)c12. The van der Waals surface area contributed by atoms with Crippen LogP contribution in [0.1, 0.15) is 56.9 Å². The molecule has 1 saturated heterocycles. The summed E-state index contributed by atoms with van der Waals surface area (Å²) in [5.74, 6) is 2.23. The van der Waals surface area contributed by atoms with Gasteiger partial charge >= 0.3 is 0 Å². The molecule has 0 spiro atoms. The molecule has 4 heterocycles. The predicted octanol–water partition coefficient (Wildman–Crippen LogP) is 4.61. The van der Waals surface area contributed by atoms with Gasteiger partial charge in [-0.15, -0.1) is 0 Å². The highest BCUT2D eigenvalue weighted by Gasteiger charge is 2.29. The lowest BCUT2D eigenvalue weighted by Gasteiger charge is -2.27. The third kappa shape index (κ3) is 4.15. The molecule has 3 N–H and O–H groups in total. The Kier molecular flexibility index (Phi) is 5.97. The van der Waals surface area contributed by atoms with E-state index in [0.717, 1.165) is 24.9 Å². The van der Waals surface area contributed by atoms with Crippen molar-refractivity contribution in [3.8, 4) is 17.6 Å². The fourth-order valence-electron chi connectivity index (χ4n) is 5.36. The van der Waals surface area contributed by atoms with Gasteiger partial charge in [0.2, 0.25) is 11.9 Å². The van der Waals surface area contributed by atoms with Gasteiger partial charge < -0.3 is 30.0 Å². The first-order valence-electron chi connectivity index (χ1n) is 12.8. The van der Waals surface area contributed by atoms with Crippen LogP contribution in [0.4, 0.5) is 23.1 Å². The molecular formula is C26H29N7O3. The van der Waals surface area contributed by atoms with Crippen LogP contribution in [0.25, 0.3) is 11.0 Å². The van der Waals surface area contributed by atoms with E-state index in [1.165, 1.54) is 25.7 Å². The lowest BCUT2D eigenvalue weighted by Crippen LogP contribution is -2.26. The maximum absolute atomic E-state index is 12.4. The number of aromatic amines is 1. The van der Waals surface area contributed by atoms with Gasteiger partial charge in [-0.25, -0.2) is 0 Å². The van der Waals surface area contributed by atoms with Gasteiger partial charge in [0.15, 0.2) is 11.5 Å². The fourth-order valence-corrected chi connectivity index (χ4v) is 5.36. The van der Waals surface area contributed by atoms with Crippen LogP contribution < -0.4 is 25.0 Å². The number of carbonyl (C=O) groups is 1. The van der Waals surface area contributed by atoms with Crippen molar-refractivity contribution >= 4 is 40.1 Å². The van der Waals surface area contributed by atoms with E-state index in [1.54, 1.807) is 11.1 Å². The van der Waals surface area contributed by atoms with Crippen LogP contribution in [0.3, 0.4) is 0 Å². The third-order valence-corrected chi connectivity index (χ3v) is 7.13. The average Bonchev–Trinajstić information content (AvgIpc) is 3.42. The van der Waals surface area contributed by atoms with Crippen LogP contribution in [0.5, 0.6) is 11.5 Å². The summed E-state index contributed by atoms with van der Waals surface area (Å²) in [6.07, 6.45) is 10.1. The molecule has 186 valence electrons. The molecule has 10 heteroatoms. The van der Waals surface area contributed by atoms with E-state index in [9.17, 15) is 10.1 Å². The number of anilines is 4. The number of hydrogen-bond donors (Lipinski definition) is 3. The summed E-state index contributed by atoms with van der Waals surface area (Å²) in [6.45, 7) is 1.50. The van der Waals surface area contributed by atoms with Crippen molar-refractivity contribution in [1.29, 1.82) is 5.26 Å². The summed E-state index contributed by atoms with van der Waals surface area (Å²) in [4.78, 5) is 26.7. The lowest BCUT2D eigenvalue weighted by molar-refractivity contribution is -0.117. The van der Waals surface area contributed by atoms with Gasteiger partial charge in [0, 0.05) is 25.2 Å². The molecule has 0 atom stereocenters. The van der Waals surface area contributed by atoms with Crippen LogP contribution >= 0.6 is 0 Å². The number of carbonyl (C=O) groups excluding carboxylic acids is 1. The van der Waals surface area contributed by atoms with E-state index >= 15 is 0 Å². The predicted molar refractivity (Wildman–Crippen MR) is 136 cm³/mol. The molecular weight excluding hydrogens is 458 g/mol. The summed E-state index contributed by atoms with van der Waals surface area (Å²) >= 11 is 0. The Bertz CT molecular complexity index is 1340. The molecule has 0 bridgehead atoms. The molecule has 0 radical (unpaired) electrons. The number of fused-ring (bicyclic) bond motifs is 2. The molecule has 2 fully saturated rings. The van der Waals surface area contributed by atoms with E-state index in [1.807, 2.05) is 12.1 Å². The Morgan fingerprint density at radius 1 is 1.06 bits per heavy atom. The Morgan fingerprint density at radius 2 is 1.86 bits per heavy atom. The average molecular weight is 488 g/mol. The number of nitrogens with one attached hydrogen (secondary N) is 3. The van der Waals surface area contributed by atoms with E-state index in [-0.39, 0.29) is 5.91 Å². The van der Waals surface area contributed by atoms with Gasteiger partial charge in [-0.05, 0) is 31.4 Å². The van der Waals surface area contributed by atoms with Crippen molar-refractivity contribution in [2.45, 2.75) is 57.4 Å². The van der Waals surface area contributed by atoms with Gasteiger partial charge in [0.25, 0.3) is 0 Å². The molecule has 36 heavy (non-hydrogen) atoms. The highest BCUT2D eigenvalue weighted by molar-refractivity contribution is 5.98.